The zero-order valence-corrected chi connectivity index (χ0v) is 48.6. The minimum absolute atomic E-state index is 0.00963. The van der Waals surface area contributed by atoms with E-state index in [1.54, 1.807) is 17.2 Å². The molecule has 3 aromatic rings. The van der Waals surface area contributed by atoms with Gasteiger partial charge in [-0.25, -0.2) is 4.98 Å². The highest BCUT2D eigenvalue weighted by Gasteiger charge is 2.21. The van der Waals surface area contributed by atoms with Gasteiger partial charge in [0.05, 0.1) is 39.3 Å². The maximum Gasteiger partial charge on any atom is 0.381 e. The molecule has 0 fully saturated rings. The fraction of sp³-hybridized carbons (Fsp3) is 0.791. The highest BCUT2D eigenvalue weighted by atomic mass is 32.1. The normalized spacial score (nSPS) is 12.2. The van der Waals surface area contributed by atoms with E-state index in [-0.39, 0.29) is 71.7 Å². The number of nitrogens with zero attached hydrogens (tertiary/aromatic N) is 7. The molecule has 3 rings (SSSR count). The van der Waals surface area contributed by atoms with E-state index in [1.165, 1.54) is 0 Å². The zero-order valence-electron chi connectivity index (χ0n) is 44.1. The lowest BCUT2D eigenvalue weighted by Crippen LogP contribution is -2.48. The van der Waals surface area contributed by atoms with Crippen molar-refractivity contribution >= 4 is 84.6 Å². The van der Waals surface area contributed by atoms with Crippen molar-refractivity contribution in [2.45, 2.75) is 84.2 Å². The topological polar surface area (TPSA) is 326 Å². The molecule has 1 unspecified atom stereocenters. The number of unbranched alkanes of at least 4 members (excludes halogenated alkanes) is 3. The molecule has 0 saturated carbocycles. The number of carbonyl (C=O) groups excluding carboxylic acids is 3. The number of carbonyl (C=O) groups is 3. The average Bonchev–Trinajstić information content (AvgIpc) is 4.12. The number of ether oxygens (including phenoxy) is 1. The minimum Gasteiger partial charge on any atom is -0.420 e. The molecule has 74 heavy (non-hydrogen) atoms. The number of rotatable bonds is 45. The Kier molecular flexibility index (Phi) is 36.6. The summed E-state index contributed by atoms with van der Waals surface area (Å²) < 4.78 is 20.4. The molecule has 2 amide bonds. The Morgan fingerprint density at radius 3 is 1.70 bits per heavy atom. The molecule has 0 bridgehead atoms. The Morgan fingerprint density at radius 1 is 0.635 bits per heavy atom. The molecule has 0 aliphatic heterocycles. The second-order valence-electron chi connectivity index (χ2n) is 18.2. The Balaban J connectivity index is 0.00000925. The number of aromatic nitrogens is 9. The van der Waals surface area contributed by atoms with Gasteiger partial charge in [-0.1, -0.05) is 33.1 Å². The van der Waals surface area contributed by atoms with Crippen molar-refractivity contribution in [2.24, 2.45) is 0 Å². The lowest BCUT2D eigenvalue weighted by Gasteiger charge is -2.33. The summed E-state index contributed by atoms with van der Waals surface area (Å²) in [6, 6.07) is 1.01. The van der Waals surface area contributed by atoms with Gasteiger partial charge in [-0.3, -0.25) is 75.2 Å². The lowest BCUT2D eigenvalue weighted by atomic mass is 10.2. The average molecular weight is 1130 g/mol. The summed E-state index contributed by atoms with van der Waals surface area (Å²) in [6.45, 7) is 20.5. The number of aliphatic hydroxyl groups excluding tert-OH is 1. The number of anilines is 2. The molecule has 0 spiro atoms. The van der Waals surface area contributed by atoms with Gasteiger partial charge in [-0.05, 0) is 81.6 Å². The van der Waals surface area contributed by atoms with Crippen LogP contribution in [0, 0.1) is 14.3 Å². The van der Waals surface area contributed by atoms with Crippen molar-refractivity contribution in [3.05, 3.63) is 20.1 Å². The molecule has 3 heterocycles. The van der Waals surface area contributed by atoms with Gasteiger partial charge in [0.2, 0.25) is 38.0 Å². The van der Waals surface area contributed by atoms with Crippen LogP contribution in [0.2, 0.25) is 19.1 Å². The van der Waals surface area contributed by atoms with Gasteiger partial charge in [0.15, 0.2) is 14.1 Å². The smallest absolute Gasteiger partial charge is 0.381 e. The van der Waals surface area contributed by atoms with Crippen LogP contribution in [-0.4, -0.2) is 251 Å². The fourth-order valence-corrected chi connectivity index (χ4v) is 9.08. The Hall–Kier alpha value is -3.52. The first-order valence-electron chi connectivity index (χ1n) is 25.5. The maximum atomic E-state index is 12.7. The van der Waals surface area contributed by atoms with Crippen molar-refractivity contribution in [3.8, 4) is 0 Å². The molecule has 13 N–H and O–H groups in total. The van der Waals surface area contributed by atoms with E-state index in [9.17, 15) is 19.5 Å². The van der Waals surface area contributed by atoms with E-state index in [1.807, 2.05) is 0 Å². The monoisotopic (exact) mass is 1130 g/mol. The van der Waals surface area contributed by atoms with Crippen molar-refractivity contribution in [1.29, 1.82) is 0 Å². The predicted molar refractivity (Wildman–Crippen MR) is 296 cm³/mol. The van der Waals surface area contributed by atoms with Crippen LogP contribution in [0.1, 0.15) is 58.2 Å². The van der Waals surface area contributed by atoms with Gasteiger partial charge in [0.25, 0.3) is 0 Å². The lowest BCUT2D eigenvalue weighted by molar-refractivity contribution is -0.118. The number of aromatic amines is 6. The number of amides is 2. The number of hydrogen-bond acceptors (Lipinski definition) is 21. The van der Waals surface area contributed by atoms with Gasteiger partial charge >= 0.3 is 10.1 Å². The van der Waals surface area contributed by atoms with Crippen molar-refractivity contribution in [2.75, 3.05) is 149 Å². The Labute approximate surface area is 455 Å². The van der Waals surface area contributed by atoms with E-state index < -0.39 is 14.5 Å². The largest absolute Gasteiger partial charge is 0.420 e. The van der Waals surface area contributed by atoms with Crippen LogP contribution >= 0.6 is 36.7 Å². The summed E-state index contributed by atoms with van der Waals surface area (Å²) in [4.78, 5) is 59.5. The van der Waals surface area contributed by atoms with Gasteiger partial charge < -0.3 is 40.0 Å². The standard InChI is InChI=1S/C43H85N19O6S3Si.OSi/c1-6-8-9-10-18-60(33-61(21-14-45-29-34(63)28-35-48-41(69)56-53-35)22-15-47-31-37(65)50-40-52-43(71)58-55-40)25-24-59(20-13-46-30-36(64)49-39-51-42(70)57-54-39)19-12-44-16-23-62(17-7-2)38(66)32-68-26-11-27-72(4,5)67-3;1-2/h38,44-47,66H,6-33H2,1-5H3,(H2,48,53,56,69)(H3,49,51,54,57,64,70)(H3,50,52,55,58,65,71);. The molecular formula is C43H85N19O7S3Si2. The van der Waals surface area contributed by atoms with Gasteiger partial charge in [0, 0.05) is 98.8 Å². The van der Waals surface area contributed by atoms with E-state index in [0.717, 1.165) is 83.8 Å². The number of ketones is 1. The van der Waals surface area contributed by atoms with Gasteiger partial charge in [0.1, 0.15) is 12.1 Å². The highest BCUT2D eigenvalue weighted by molar-refractivity contribution is 7.71. The summed E-state index contributed by atoms with van der Waals surface area (Å²) >= 11 is 15.0. The van der Waals surface area contributed by atoms with E-state index in [0.29, 0.717) is 76.2 Å². The third kappa shape index (κ3) is 32.2. The molecule has 0 aliphatic carbocycles. The highest BCUT2D eigenvalue weighted by Crippen LogP contribution is 2.12. The molecule has 0 aromatic carbocycles. The first-order chi connectivity index (χ1) is 35.7. The summed E-state index contributed by atoms with van der Waals surface area (Å²) in [5, 5.41) is 46.2. The zero-order chi connectivity index (χ0) is 54.4. The van der Waals surface area contributed by atoms with Gasteiger partial charge in [-0.15, -0.1) is 0 Å². The SMILES string of the molecule is CCCCCCN(CCN(CCNCCN(CCC)C(O)COCCC[Si](C)(C)OC)CCNCC(=O)Nc1nc(=S)[nH][nH]1)CN(CCNCC(=O)Cc1nc(=S)[nH][nH]1)CCNCC(=O)Nc1nc(=S)[nH][nH]1.O=[Si]. The molecule has 3 aromatic heterocycles. The molecule has 26 nitrogen and oxygen atoms in total. The molecule has 31 heteroatoms. The summed E-state index contributed by atoms with van der Waals surface area (Å²) in [5.74, 6) is 0.532. The Bertz CT molecular complexity index is 2060. The van der Waals surface area contributed by atoms with E-state index in [2.05, 4.69) is 124 Å². The van der Waals surface area contributed by atoms with Crippen LogP contribution in [-0.2, 0) is 34.4 Å². The molecule has 420 valence electrons. The number of H-pyrrole nitrogens is 6. The first kappa shape index (κ1) is 66.6. The third-order valence-electron chi connectivity index (χ3n) is 11.6. The summed E-state index contributed by atoms with van der Waals surface area (Å²) in [5.41, 5.74) is 0. The maximum absolute atomic E-state index is 12.7. The predicted octanol–water partition coefficient (Wildman–Crippen LogP) is 1.01. The van der Waals surface area contributed by atoms with Gasteiger partial charge in [-0.2, -0.15) is 9.97 Å². The first-order valence-corrected chi connectivity index (χ1v) is 30.2. The van der Waals surface area contributed by atoms with Crippen molar-refractivity contribution < 1.29 is 33.1 Å². The van der Waals surface area contributed by atoms with Crippen LogP contribution < -0.4 is 31.9 Å². The molecule has 2 radical (unpaired) electrons. The van der Waals surface area contributed by atoms with Crippen molar-refractivity contribution in [1.82, 2.24) is 86.4 Å². The minimum atomic E-state index is -1.64. The quantitative estimate of drug-likeness (QED) is 0.0163. The van der Waals surface area contributed by atoms with Crippen molar-refractivity contribution in [3.63, 3.8) is 0 Å². The van der Waals surface area contributed by atoms with Crippen LogP contribution in [0.25, 0.3) is 0 Å². The summed E-state index contributed by atoms with van der Waals surface area (Å²) in [6.07, 6.45) is 5.77. The Morgan fingerprint density at radius 2 is 1.16 bits per heavy atom. The number of nitrogens with one attached hydrogen (secondary N) is 12. The van der Waals surface area contributed by atoms with Crippen LogP contribution in [0.5, 0.6) is 0 Å². The van der Waals surface area contributed by atoms with Crippen LogP contribution in [0.15, 0.2) is 0 Å². The second kappa shape index (κ2) is 40.7. The van der Waals surface area contributed by atoms with Crippen LogP contribution in [0.3, 0.4) is 0 Å². The second-order valence-corrected chi connectivity index (χ2v) is 23.8. The number of hydrogen-bond donors (Lipinski definition) is 13. The third-order valence-corrected chi connectivity index (χ3v) is 14.8. The van der Waals surface area contributed by atoms with E-state index in [4.69, 9.17) is 50.3 Å². The number of aliphatic hydroxyl groups is 1. The van der Waals surface area contributed by atoms with E-state index >= 15 is 0 Å². The fourth-order valence-electron chi connectivity index (χ4n) is 7.44. The molecule has 0 saturated heterocycles. The molecule has 1 atom stereocenters. The van der Waals surface area contributed by atoms with Crippen LogP contribution in [0.4, 0.5) is 11.9 Å². The molecular weight excluding hydrogens is 1050 g/mol. The summed E-state index contributed by atoms with van der Waals surface area (Å²) in [7, 11) is 1.86. The number of Topliss-reactive ketones (excluding diaryl/α,β-unsaturated/α-hetero) is 1. The molecule has 0 aliphatic rings.